The van der Waals surface area contributed by atoms with Crippen molar-refractivity contribution in [2.24, 2.45) is 11.7 Å². The van der Waals surface area contributed by atoms with E-state index in [1.165, 1.54) is 5.57 Å². The van der Waals surface area contributed by atoms with Crippen molar-refractivity contribution < 1.29 is 9.90 Å². The third-order valence-corrected chi connectivity index (χ3v) is 6.64. The van der Waals surface area contributed by atoms with Crippen LogP contribution >= 0.6 is 23.2 Å². The van der Waals surface area contributed by atoms with Crippen LogP contribution in [0.25, 0.3) is 0 Å². The minimum absolute atomic E-state index is 0.00353. The highest BCUT2D eigenvalue weighted by atomic mass is 35.5. The number of aliphatic carboxylic acids is 1. The molecule has 4 nitrogen and oxygen atoms in total. The smallest absolute Gasteiger partial charge is 0.308 e. The summed E-state index contributed by atoms with van der Waals surface area (Å²) in [5, 5.41) is 10.8. The number of piperidine rings is 1. The van der Waals surface area contributed by atoms with Crippen LogP contribution in [0.1, 0.15) is 50.5 Å². The molecular weight excluding hydrogens is 383 g/mol. The highest BCUT2D eigenvalue weighted by Crippen LogP contribution is 2.37. The van der Waals surface area contributed by atoms with Gasteiger partial charge in [-0.05, 0) is 56.3 Å². The first-order valence-corrected chi connectivity index (χ1v) is 10.5. The summed E-state index contributed by atoms with van der Waals surface area (Å²) >= 11 is 12.4. The molecule has 1 aliphatic heterocycles. The van der Waals surface area contributed by atoms with E-state index in [-0.39, 0.29) is 23.9 Å². The van der Waals surface area contributed by atoms with Crippen LogP contribution in [0.5, 0.6) is 0 Å². The maximum absolute atomic E-state index is 11.6. The lowest BCUT2D eigenvalue weighted by Gasteiger charge is -2.41. The molecule has 6 heteroatoms. The summed E-state index contributed by atoms with van der Waals surface area (Å²) in [7, 11) is 0. The Morgan fingerprint density at radius 1 is 1.37 bits per heavy atom. The fourth-order valence-electron chi connectivity index (χ4n) is 4.70. The molecule has 1 fully saturated rings. The van der Waals surface area contributed by atoms with E-state index in [0.717, 1.165) is 50.8 Å². The Bertz CT molecular complexity index is 722. The second-order valence-electron chi connectivity index (χ2n) is 7.77. The molecule has 2 aliphatic rings. The number of carboxylic acid groups (broad SMARTS) is 1. The summed E-state index contributed by atoms with van der Waals surface area (Å²) < 4.78 is 0. The van der Waals surface area contributed by atoms with Gasteiger partial charge in [-0.25, -0.2) is 0 Å². The maximum Gasteiger partial charge on any atom is 0.308 e. The fraction of sp³-hybridized carbons (Fsp3) is 0.571. The first-order chi connectivity index (χ1) is 12.9. The van der Waals surface area contributed by atoms with E-state index in [0.29, 0.717) is 10.0 Å². The van der Waals surface area contributed by atoms with Gasteiger partial charge < -0.3 is 10.8 Å². The lowest BCUT2D eigenvalue weighted by Crippen LogP contribution is -2.48. The maximum atomic E-state index is 11.6. The number of likely N-dealkylation sites (tertiary alicyclic amines) is 1. The number of nitrogens with two attached hydrogens (primary N) is 1. The van der Waals surface area contributed by atoms with Crippen LogP contribution in [0.15, 0.2) is 29.8 Å². The summed E-state index contributed by atoms with van der Waals surface area (Å²) in [5.74, 6) is -0.742. The van der Waals surface area contributed by atoms with Gasteiger partial charge >= 0.3 is 5.97 Å². The van der Waals surface area contributed by atoms with Crippen molar-refractivity contribution in [3.05, 3.63) is 45.5 Å². The molecule has 1 saturated heterocycles. The van der Waals surface area contributed by atoms with Gasteiger partial charge in [0.2, 0.25) is 0 Å². The highest BCUT2D eigenvalue weighted by molar-refractivity contribution is 6.35. The van der Waals surface area contributed by atoms with Gasteiger partial charge in [0.1, 0.15) is 0 Å². The number of nitrogens with zero attached hydrogens (tertiary/aromatic N) is 1. The summed E-state index contributed by atoms with van der Waals surface area (Å²) in [6.07, 6.45) is 6.52. The van der Waals surface area contributed by atoms with Crippen LogP contribution in [0.2, 0.25) is 10.0 Å². The molecule has 0 aromatic heterocycles. The van der Waals surface area contributed by atoms with Gasteiger partial charge in [-0.1, -0.05) is 47.8 Å². The fourth-order valence-corrected chi connectivity index (χ4v) is 5.25. The number of carbonyl (C=O) groups is 1. The van der Waals surface area contributed by atoms with Gasteiger partial charge in [-0.15, -0.1) is 0 Å². The first-order valence-electron chi connectivity index (χ1n) is 9.76. The molecule has 3 N–H and O–H groups in total. The molecule has 1 aromatic carbocycles. The average molecular weight is 411 g/mol. The average Bonchev–Trinajstić information content (AvgIpc) is 2.62. The standard InChI is InChI=1S/C21H28Cl2N2O2/c1-2-20-17(21(26)27)4-3-9-25(20)12-13-5-7-16(19(24)10-13)15-8-6-14(22)11-18(15)23/h5-6,8,11,16-17,19-20H,2-4,7,9-10,12,24H2,1H3,(H,26,27)/t16-,17+,19+,20?/m0/s1. The first kappa shape index (κ1) is 20.7. The molecule has 1 heterocycles. The van der Waals surface area contributed by atoms with Crippen molar-refractivity contribution in [3.8, 4) is 0 Å². The van der Waals surface area contributed by atoms with Gasteiger partial charge in [-0.3, -0.25) is 9.69 Å². The Labute approximate surface area is 171 Å². The molecule has 0 saturated carbocycles. The lowest BCUT2D eigenvalue weighted by atomic mass is 9.80. The summed E-state index contributed by atoms with van der Waals surface area (Å²) in [4.78, 5) is 13.9. The predicted molar refractivity (Wildman–Crippen MR) is 111 cm³/mol. The Morgan fingerprint density at radius 3 is 2.78 bits per heavy atom. The summed E-state index contributed by atoms with van der Waals surface area (Å²) in [5.41, 5.74) is 8.88. The Balaban J connectivity index is 1.70. The van der Waals surface area contributed by atoms with Crippen LogP contribution in [-0.2, 0) is 4.79 Å². The van der Waals surface area contributed by atoms with E-state index in [4.69, 9.17) is 28.9 Å². The van der Waals surface area contributed by atoms with Gasteiger partial charge in [-0.2, -0.15) is 0 Å². The largest absolute Gasteiger partial charge is 0.481 e. The van der Waals surface area contributed by atoms with E-state index in [1.54, 1.807) is 6.07 Å². The van der Waals surface area contributed by atoms with E-state index < -0.39 is 5.97 Å². The summed E-state index contributed by atoms with van der Waals surface area (Å²) in [6.45, 7) is 3.86. The van der Waals surface area contributed by atoms with E-state index in [1.807, 2.05) is 12.1 Å². The second kappa shape index (κ2) is 8.95. The number of rotatable bonds is 5. The Hall–Kier alpha value is -1.07. The molecule has 1 aromatic rings. The SMILES string of the molecule is CCC1[C@H](C(=O)O)CCCN1CC1=CC[C@@H](c2ccc(Cl)cc2Cl)[C@H](N)C1. The van der Waals surface area contributed by atoms with Crippen LogP contribution < -0.4 is 5.73 Å². The third kappa shape index (κ3) is 4.68. The molecule has 0 bridgehead atoms. The molecule has 148 valence electrons. The van der Waals surface area contributed by atoms with Crippen LogP contribution in [0.4, 0.5) is 0 Å². The molecule has 27 heavy (non-hydrogen) atoms. The monoisotopic (exact) mass is 410 g/mol. The second-order valence-corrected chi connectivity index (χ2v) is 8.62. The number of halogens is 2. The van der Waals surface area contributed by atoms with Crippen LogP contribution in [-0.4, -0.2) is 41.1 Å². The Morgan fingerprint density at radius 2 is 2.15 bits per heavy atom. The minimum atomic E-state index is -0.668. The molecule has 0 amide bonds. The predicted octanol–water partition coefficient (Wildman–Crippen LogP) is 4.70. The quantitative estimate of drug-likeness (QED) is 0.690. The molecule has 1 aliphatic carbocycles. The van der Waals surface area contributed by atoms with Crippen LogP contribution in [0, 0.1) is 5.92 Å². The molecule has 0 spiro atoms. The minimum Gasteiger partial charge on any atom is -0.481 e. The van der Waals surface area contributed by atoms with E-state index in [9.17, 15) is 9.90 Å². The Kier molecular flexibility index (Phi) is 6.85. The van der Waals surface area contributed by atoms with Gasteiger partial charge in [0.25, 0.3) is 0 Å². The van der Waals surface area contributed by atoms with Crippen molar-refractivity contribution in [1.82, 2.24) is 4.90 Å². The molecule has 1 unspecified atom stereocenters. The molecule has 0 radical (unpaired) electrons. The van der Waals surface area contributed by atoms with Crippen molar-refractivity contribution in [1.29, 1.82) is 0 Å². The van der Waals surface area contributed by atoms with Crippen molar-refractivity contribution in [2.75, 3.05) is 13.1 Å². The topological polar surface area (TPSA) is 66.6 Å². The zero-order valence-corrected chi connectivity index (χ0v) is 17.2. The normalized spacial score (nSPS) is 29.4. The van der Waals surface area contributed by atoms with Crippen LogP contribution in [0.3, 0.4) is 0 Å². The van der Waals surface area contributed by atoms with E-state index >= 15 is 0 Å². The lowest BCUT2D eigenvalue weighted by molar-refractivity contribution is -0.146. The van der Waals surface area contributed by atoms with E-state index in [2.05, 4.69) is 17.9 Å². The van der Waals surface area contributed by atoms with Gasteiger partial charge in [0.05, 0.1) is 5.92 Å². The van der Waals surface area contributed by atoms with Crippen molar-refractivity contribution in [3.63, 3.8) is 0 Å². The van der Waals surface area contributed by atoms with Crippen molar-refractivity contribution >= 4 is 29.2 Å². The number of allylic oxidation sites excluding steroid dienone is 1. The number of hydrogen-bond acceptors (Lipinski definition) is 3. The molecule has 3 rings (SSSR count). The van der Waals surface area contributed by atoms with Gasteiger partial charge in [0, 0.05) is 34.6 Å². The van der Waals surface area contributed by atoms with Crippen molar-refractivity contribution in [2.45, 2.75) is 57.0 Å². The number of hydrogen-bond donors (Lipinski definition) is 2. The highest BCUT2D eigenvalue weighted by Gasteiger charge is 2.35. The van der Waals surface area contributed by atoms with Gasteiger partial charge in [0.15, 0.2) is 0 Å². The number of benzene rings is 1. The third-order valence-electron chi connectivity index (χ3n) is 6.07. The zero-order chi connectivity index (χ0) is 19.6. The summed E-state index contributed by atoms with van der Waals surface area (Å²) in [6, 6.07) is 5.72. The molecule has 4 atom stereocenters. The molecular formula is C21H28Cl2N2O2. The number of carboxylic acids is 1. The zero-order valence-electron chi connectivity index (χ0n) is 15.7.